The molecule has 0 spiro atoms. The summed E-state index contributed by atoms with van der Waals surface area (Å²) in [5, 5.41) is 3.32. The topological polar surface area (TPSA) is 49.0 Å². The molecule has 0 radical (unpaired) electrons. The van der Waals surface area contributed by atoms with E-state index in [9.17, 15) is 0 Å². The molecule has 112 valence electrons. The highest BCUT2D eigenvalue weighted by Crippen LogP contribution is 2.43. The standard InChI is InChI=1S/C15H23NO4/c1-16-13(11-6-5-9-20-11)10-7-8-12(17-2)15(19-4)14(10)18-3/h7-8,11,13,16H,5-6,9H2,1-4H3. The second-order valence-corrected chi connectivity index (χ2v) is 4.74. The molecule has 5 nitrogen and oxygen atoms in total. The van der Waals surface area contributed by atoms with E-state index >= 15 is 0 Å². The van der Waals surface area contributed by atoms with Gasteiger partial charge in [-0.3, -0.25) is 0 Å². The van der Waals surface area contributed by atoms with E-state index in [1.807, 2.05) is 19.2 Å². The van der Waals surface area contributed by atoms with Crippen LogP contribution >= 0.6 is 0 Å². The third kappa shape index (κ3) is 2.69. The molecule has 0 aromatic heterocycles. The molecule has 2 atom stereocenters. The first kappa shape index (κ1) is 14.9. The van der Waals surface area contributed by atoms with Crippen LogP contribution in [0.4, 0.5) is 0 Å². The first-order valence-corrected chi connectivity index (χ1v) is 6.84. The Morgan fingerprint density at radius 1 is 1.15 bits per heavy atom. The summed E-state index contributed by atoms with van der Waals surface area (Å²) in [6.07, 6.45) is 2.30. The Morgan fingerprint density at radius 3 is 2.40 bits per heavy atom. The normalized spacial score (nSPS) is 19.7. The van der Waals surface area contributed by atoms with Gasteiger partial charge in [0.25, 0.3) is 0 Å². The fourth-order valence-electron chi connectivity index (χ4n) is 2.78. The van der Waals surface area contributed by atoms with Crippen LogP contribution in [0.25, 0.3) is 0 Å². The molecule has 2 rings (SSSR count). The zero-order valence-corrected chi connectivity index (χ0v) is 12.6. The minimum absolute atomic E-state index is 0.0762. The van der Waals surface area contributed by atoms with Gasteiger partial charge in [-0.1, -0.05) is 0 Å². The van der Waals surface area contributed by atoms with Crippen molar-refractivity contribution < 1.29 is 18.9 Å². The zero-order valence-electron chi connectivity index (χ0n) is 12.6. The Bertz CT molecular complexity index is 444. The predicted molar refractivity (Wildman–Crippen MR) is 76.9 cm³/mol. The van der Waals surface area contributed by atoms with Crippen molar-refractivity contribution in [1.29, 1.82) is 0 Å². The average Bonchev–Trinajstić information content (AvgIpc) is 3.01. The molecule has 0 saturated carbocycles. The van der Waals surface area contributed by atoms with Gasteiger partial charge in [-0.15, -0.1) is 0 Å². The average molecular weight is 281 g/mol. The summed E-state index contributed by atoms with van der Waals surface area (Å²) < 4.78 is 22.1. The molecular weight excluding hydrogens is 258 g/mol. The van der Waals surface area contributed by atoms with Crippen LogP contribution in [0.3, 0.4) is 0 Å². The minimum Gasteiger partial charge on any atom is -0.493 e. The Balaban J connectivity index is 2.43. The Hall–Kier alpha value is -1.46. The van der Waals surface area contributed by atoms with Gasteiger partial charge in [0.2, 0.25) is 5.75 Å². The van der Waals surface area contributed by atoms with Crippen LogP contribution in [0.2, 0.25) is 0 Å². The van der Waals surface area contributed by atoms with Gasteiger partial charge in [0, 0.05) is 12.2 Å². The van der Waals surface area contributed by atoms with Crippen molar-refractivity contribution >= 4 is 0 Å². The highest BCUT2D eigenvalue weighted by molar-refractivity contribution is 5.57. The summed E-state index contributed by atoms with van der Waals surface area (Å²) in [5.74, 6) is 1.97. The third-order valence-electron chi connectivity index (χ3n) is 3.72. The van der Waals surface area contributed by atoms with Gasteiger partial charge in [-0.25, -0.2) is 0 Å². The predicted octanol–water partition coefficient (Wildman–Crippen LogP) is 2.15. The zero-order chi connectivity index (χ0) is 14.5. The van der Waals surface area contributed by atoms with Crippen LogP contribution in [0.15, 0.2) is 12.1 Å². The maximum Gasteiger partial charge on any atom is 0.203 e. The molecule has 1 fully saturated rings. The quantitative estimate of drug-likeness (QED) is 0.866. The first-order chi connectivity index (χ1) is 9.76. The van der Waals surface area contributed by atoms with Crippen molar-refractivity contribution in [3.63, 3.8) is 0 Å². The number of ether oxygens (including phenoxy) is 4. The van der Waals surface area contributed by atoms with E-state index in [0.29, 0.717) is 17.2 Å². The molecule has 1 aliphatic rings. The van der Waals surface area contributed by atoms with Crippen molar-refractivity contribution in [2.75, 3.05) is 35.0 Å². The van der Waals surface area contributed by atoms with E-state index in [0.717, 1.165) is 25.0 Å². The first-order valence-electron chi connectivity index (χ1n) is 6.84. The van der Waals surface area contributed by atoms with Gasteiger partial charge < -0.3 is 24.3 Å². The molecule has 0 aliphatic carbocycles. The van der Waals surface area contributed by atoms with Crippen molar-refractivity contribution in [1.82, 2.24) is 5.32 Å². The summed E-state index contributed by atoms with van der Waals surface area (Å²) in [5.41, 5.74) is 1.03. The lowest BCUT2D eigenvalue weighted by molar-refractivity contribution is 0.0798. The summed E-state index contributed by atoms with van der Waals surface area (Å²) >= 11 is 0. The molecule has 0 amide bonds. The number of rotatable bonds is 6. The second-order valence-electron chi connectivity index (χ2n) is 4.74. The summed E-state index contributed by atoms with van der Waals surface area (Å²) in [4.78, 5) is 0. The van der Waals surface area contributed by atoms with Gasteiger partial charge in [0.1, 0.15) is 0 Å². The monoisotopic (exact) mass is 281 g/mol. The number of nitrogens with one attached hydrogen (secondary N) is 1. The molecular formula is C15H23NO4. The van der Waals surface area contributed by atoms with E-state index in [1.165, 1.54) is 0 Å². The van der Waals surface area contributed by atoms with Crippen molar-refractivity contribution in [2.45, 2.75) is 25.0 Å². The third-order valence-corrected chi connectivity index (χ3v) is 3.72. The number of hydrogen-bond acceptors (Lipinski definition) is 5. The van der Waals surface area contributed by atoms with Crippen molar-refractivity contribution in [3.05, 3.63) is 17.7 Å². The molecule has 1 aromatic carbocycles. The minimum atomic E-state index is 0.0762. The van der Waals surface area contributed by atoms with Gasteiger partial charge in [0.15, 0.2) is 11.5 Å². The Labute approximate surface area is 120 Å². The van der Waals surface area contributed by atoms with Crippen LogP contribution in [-0.4, -0.2) is 41.1 Å². The Kier molecular flexibility index (Phi) is 5.09. The lowest BCUT2D eigenvalue weighted by Crippen LogP contribution is -2.29. The molecule has 1 heterocycles. The molecule has 1 N–H and O–H groups in total. The molecule has 1 aromatic rings. The van der Waals surface area contributed by atoms with E-state index in [2.05, 4.69) is 5.32 Å². The van der Waals surface area contributed by atoms with Gasteiger partial charge >= 0.3 is 0 Å². The molecule has 1 saturated heterocycles. The number of methoxy groups -OCH3 is 3. The van der Waals surface area contributed by atoms with Gasteiger partial charge in [-0.05, 0) is 32.0 Å². The lowest BCUT2D eigenvalue weighted by Gasteiger charge is -2.26. The smallest absolute Gasteiger partial charge is 0.203 e. The fourth-order valence-corrected chi connectivity index (χ4v) is 2.78. The fraction of sp³-hybridized carbons (Fsp3) is 0.600. The molecule has 1 aliphatic heterocycles. The maximum absolute atomic E-state index is 5.80. The highest BCUT2D eigenvalue weighted by atomic mass is 16.5. The molecule has 20 heavy (non-hydrogen) atoms. The maximum atomic E-state index is 5.80. The van der Waals surface area contributed by atoms with Crippen LogP contribution in [0.5, 0.6) is 17.2 Å². The van der Waals surface area contributed by atoms with Crippen LogP contribution in [0, 0.1) is 0 Å². The largest absolute Gasteiger partial charge is 0.493 e. The Morgan fingerprint density at radius 2 is 1.90 bits per heavy atom. The molecule has 0 bridgehead atoms. The molecule has 5 heteroatoms. The van der Waals surface area contributed by atoms with Crippen LogP contribution in [-0.2, 0) is 4.74 Å². The van der Waals surface area contributed by atoms with E-state index < -0.39 is 0 Å². The number of likely N-dealkylation sites (N-methyl/N-ethyl adjacent to an activating group) is 1. The summed E-state index contributed by atoms with van der Waals surface area (Å²) in [7, 11) is 6.81. The van der Waals surface area contributed by atoms with Gasteiger partial charge in [-0.2, -0.15) is 0 Å². The second kappa shape index (κ2) is 6.81. The van der Waals surface area contributed by atoms with Crippen LogP contribution in [0.1, 0.15) is 24.4 Å². The van der Waals surface area contributed by atoms with Crippen molar-refractivity contribution in [2.24, 2.45) is 0 Å². The number of hydrogen-bond donors (Lipinski definition) is 1. The van der Waals surface area contributed by atoms with Crippen LogP contribution < -0.4 is 19.5 Å². The molecule has 2 unspecified atom stereocenters. The highest BCUT2D eigenvalue weighted by Gasteiger charge is 2.30. The lowest BCUT2D eigenvalue weighted by atomic mass is 9.98. The van der Waals surface area contributed by atoms with Gasteiger partial charge in [0.05, 0.1) is 33.5 Å². The SMILES string of the molecule is CNC(c1ccc(OC)c(OC)c1OC)C1CCCO1. The van der Waals surface area contributed by atoms with Crippen molar-refractivity contribution in [3.8, 4) is 17.2 Å². The number of benzene rings is 1. The summed E-state index contributed by atoms with van der Waals surface area (Å²) in [6, 6.07) is 3.98. The van der Waals surface area contributed by atoms with E-state index in [4.69, 9.17) is 18.9 Å². The van der Waals surface area contributed by atoms with E-state index in [1.54, 1.807) is 21.3 Å². The summed E-state index contributed by atoms with van der Waals surface area (Å²) in [6.45, 7) is 0.818. The van der Waals surface area contributed by atoms with E-state index in [-0.39, 0.29) is 12.1 Å².